The van der Waals surface area contributed by atoms with Gasteiger partial charge in [-0.15, -0.1) is 0 Å². The maximum absolute atomic E-state index is 12.4. The Labute approximate surface area is 183 Å². The molecule has 0 radical (unpaired) electrons. The molecule has 0 bridgehead atoms. The number of carbonyl (C=O) groups is 1. The second kappa shape index (κ2) is 9.91. The minimum absolute atomic E-state index is 0.140. The number of anilines is 1. The maximum atomic E-state index is 12.4. The van der Waals surface area contributed by atoms with E-state index >= 15 is 0 Å². The van der Waals surface area contributed by atoms with Gasteiger partial charge in [0, 0.05) is 19.0 Å². The van der Waals surface area contributed by atoms with Gasteiger partial charge in [-0.05, 0) is 43.2 Å². The van der Waals surface area contributed by atoms with E-state index in [0.29, 0.717) is 36.8 Å². The third-order valence-electron chi connectivity index (χ3n) is 4.97. The molecule has 0 fully saturated rings. The van der Waals surface area contributed by atoms with Crippen molar-refractivity contribution >= 4 is 21.6 Å². The third-order valence-corrected chi connectivity index (χ3v) is 6.17. The molecule has 1 aliphatic heterocycles. The van der Waals surface area contributed by atoms with Crippen LogP contribution in [0.15, 0.2) is 42.5 Å². The van der Waals surface area contributed by atoms with Gasteiger partial charge in [-0.1, -0.05) is 12.1 Å². The molecule has 0 saturated carbocycles. The molecule has 8 nitrogen and oxygen atoms in total. The maximum Gasteiger partial charge on any atom is 0.232 e. The molecule has 1 heterocycles. The van der Waals surface area contributed by atoms with Crippen molar-refractivity contribution in [3.63, 3.8) is 0 Å². The van der Waals surface area contributed by atoms with E-state index in [1.54, 1.807) is 25.3 Å². The Morgan fingerprint density at radius 1 is 1.13 bits per heavy atom. The first kappa shape index (κ1) is 22.7. The zero-order valence-corrected chi connectivity index (χ0v) is 18.8. The van der Waals surface area contributed by atoms with E-state index in [9.17, 15) is 13.2 Å². The molecule has 1 amide bonds. The zero-order valence-electron chi connectivity index (χ0n) is 18.0. The van der Waals surface area contributed by atoms with Crippen molar-refractivity contribution in [2.24, 2.45) is 0 Å². The number of amides is 1. The van der Waals surface area contributed by atoms with Crippen molar-refractivity contribution < 1.29 is 27.4 Å². The van der Waals surface area contributed by atoms with Crippen LogP contribution in [0.1, 0.15) is 31.4 Å². The average molecular weight is 449 g/mol. The van der Waals surface area contributed by atoms with E-state index < -0.39 is 10.0 Å². The monoisotopic (exact) mass is 448 g/mol. The molecular formula is C22H28N2O6S. The SMILES string of the molecule is COc1ccc([C@H](C)NC(=O)CCCN(c2ccc3c(c2)OCCO3)S(C)(=O)=O)cc1. The van der Waals surface area contributed by atoms with Crippen LogP contribution in [-0.2, 0) is 14.8 Å². The predicted molar refractivity (Wildman–Crippen MR) is 118 cm³/mol. The fourth-order valence-electron chi connectivity index (χ4n) is 3.35. The molecular weight excluding hydrogens is 420 g/mol. The standard InChI is InChI=1S/C22H28N2O6S/c1-16(17-6-9-19(28-2)10-7-17)23-22(25)5-4-12-24(31(3,26)27)18-8-11-20-21(15-18)30-14-13-29-20/h6-11,15-16H,4-5,12-14H2,1-3H3,(H,23,25)/t16-/m0/s1. The number of ether oxygens (including phenoxy) is 3. The van der Waals surface area contributed by atoms with Crippen molar-refractivity contribution in [2.45, 2.75) is 25.8 Å². The summed E-state index contributed by atoms with van der Waals surface area (Å²) in [5.74, 6) is 1.72. The van der Waals surface area contributed by atoms with Crippen LogP contribution in [0.5, 0.6) is 17.2 Å². The number of sulfonamides is 1. The number of rotatable bonds is 9. The Hall–Kier alpha value is -2.94. The quantitative estimate of drug-likeness (QED) is 0.634. The first-order valence-electron chi connectivity index (χ1n) is 10.1. The van der Waals surface area contributed by atoms with Crippen LogP contribution >= 0.6 is 0 Å². The van der Waals surface area contributed by atoms with Crippen molar-refractivity contribution in [2.75, 3.05) is 37.4 Å². The first-order valence-corrected chi connectivity index (χ1v) is 11.9. The van der Waals surface area contributed by atoms with Crippen molar-refractivity contribution in [1.29, 1.82) is 0 Å². The summed E-state index contributed by atoms with van der Waals surface area (Å²) >= 11 is 0. The number of hydrogen-bond acceptors (Lipinski definition) is 6. The first-order chi connectivity index (χ1) is 14.8. The predicted octanol–water partition coefficient (Wildman–Crippen LogP) is 2.89. The highest BCUT2D eigenvalue weighted by atomic mass is 32.2. The van der Waals surface area contributed by atoms with Gasteiger partial charge in [-0.3, -0.25) is 9.10 Å². The number of benzene rings is 2. The van der Waals surface area contributed by atoms with Crippen molar-refractivity contribution in [1.82, 2.24) is 5.32 Å². The van der Waals surface area contributed by atoms with Gasteiger partial charge in [-0.25, -0.2) is 8.42 Å². The summed E-state index contributed by atoms with van der Waals surface area (Å²) in [6.07, 6.45) is 1.73. The molecule has 0 unspecified atom stereocenters. The Balaban J connectivity index is 1.57. The smallest absolute Gasteiger partial charge is 0.232 e. The molecule has 0 aromatic heterocycles. The van der Waals surface area contributed by atoms with E-state index in [0.717, 1.165) is 17.6 Å². The molecule has 0 spiro atoms. The number of methoxy groups -OCH3 is 1. The molecule has 0 saturated heterocycles. The van der Waals surface area contributed by atoms with Crippen LogP contribution in [0.4, 0.5) is 5.69 Å². The minimum Gasteiger partial charge on any atom is -0.497 e. The molecule has 0 aliphatic carbocycles. The summed E-state index contributed by atoms with van der Waals surface area (Å²) in [5, 5.41) is 2.94. The van der Waals surface area contributed by atoms with Gasteiger partial charge in [0.2, 0.25) is 15.9 Å². The lowest BCUT2D eigenvalue weighted by molar-refractivity contribution is -0.121. The Bertz CT molecular complexity index is 1010. The number of nitrogens with zero attached hydrogens (tertiary/aromatic N) is 1. The minimum atomic E-state index is -3.52. The van der Waals surface area contributed by atoms with Gasteiger partial charge in [0.05, 0.1) is 25.1 Å². The lowest BCUT2D eigenvalue weighted by Crippen LogP contribution is -2.32. The van der Waals surface area contributed by atoms with Crippen molar-refractivity contribution in [3.8, 4) is 17.2 Å². The average Bonchev–Trinajstić information content (AvgIpc) is 2.75. The Morgan fingerprint density at radius 2 is 1.81 bits per heavy atom. The van der Waals surface area contributed by atoms with Crippen LogP contribution in [0, 0.1) is 0 Å². The number of hydrogen-bond donors (Lipinski definition) is 1. The summed E-state index contributed by atoms with van der Waals surface area (Å²) in [6, 6.07) is 12.4. The summed E-state index contributed by atoms with van der Waals surface area (Å²) in [4.78, 5) is 12.4. The van der Waals surface area contributed by atoms with E-state index in [2.05, 4.69) is 5.32 Å². The summed E-state index contributed by atoms with van der Waals surface area (Å²) < 4.78 is 42.1. The van der Waals surface area contributed by atoms with E-state index in [-0.39, 0.29) is 24.9 Å². The van der Waals surface area contributed by atoms with E-state index in [1.165, 1.54) is 4.31 Å². The normalized spacial score (nSPS) is 13.9. The van der Waals surface area contributed by atoms with Crippen LogP contribution in [-0.4, -0.2) is 47.4 Å². The summed E-state index contributed by atoms with van der Waals surface area (Å²) in [7, 11) is -1.92. The molecule has 1 N–H and O–H groups in total. The Morgan fingerprint density at radius 3 is 2.45 bits per heavy atom. The van der Waals surface area contributed by atoms with E-state index in [1.807, 2.05) is 31.2 Å². The van der Waals surface area contributed by atoms with Crippen LogP contribution < -0.4 is 23.8 Å². The molecule has 1 atom stereocenters. The molecule has 9 heteroatoms. The highest BCUT2D eigenvalue weighted by Crippen LogP contribution is 2.34. The highest BCUT2D eigenvalue weighted by molar-refractivity contribution is 7.92. The van der Waals surface area contributed by atoms with Gasteiger partial charge in [0.15, 0.2) is 11.5 Å². The van der Waals surface area contributed by atoms with Gasteiger partial charge in [0.1, 0.15) is 19.0 Å². The zero-order chi connectivity index (χ0) is 22.4. The second-order valence-corrected chi connectivity index (χ2v) is 9.24. The highest BCUT2D eigenvalue weighted by Gasteiger charge is 2.21. The number of nitrogens with one attached hydrogen (secondary N) is 1. The fourth-order valence-corrected chi connectivity index (χ4v) is 4.30. The number of fused-ring (bicyclic) bond motifs is 1. The molecule has 168 valence electrons. The largest absolute Gasteiger partial charge is 0.497 e. The molecule has 1 aliphatic rings. The van der Waals surface area contributed by atoms with Crippen LogP contribution in [0.25, 0.3) is 0 Å². The number of carbonyl (C=O) groups excluding carboxylic acids is 1. The van der Waals surface area contributed by atoms with Crippen molar-refractivity contribution in [3.05, 3.63) is 48.0 Å². The van der Waals surface area contributed by atoms with Gasteiger partial charge < -0.3 is 19.5 Å². The van der Waals surface area contributed by atoms with Gasteiger partial charge in [0.25, 0.3) is 0 Å². The van der Waals surface area contributed by atoms with Crippen LogP contribution in [0.2, 0.25) is 0 Å². The van der Waals surface area contributed by atoms with Gasteiger partial charge >= 0.3 is 0 Å². The topological polar surface area (TPSA) is 94.2 Å². The summed E-state index contributed by atoms with van der Waals surface area (Å²) in [5.41, 5.74) is 1.45. The second-order valence-electron chi connectivity index (χ2n) is 7.33. The molecule has 2 aromatic rings. The fraction of sp³-hybridized carbons (Fsp3) is 0.409. The Kier molecular flexibility index (Phi) is 7.27. The third kappa shape index (κ3) is 6.04. The van der Waals surface area contributed by atoms with Gasteiger partial charge in [-0.2, -0.15) is 0 Å². The van der Waals surface area contributed by atoms with Crippen LogP contribution in [0.3, 0.4) is 0 Å². The molecule has 31 heavy (non-hydrogen) atoms. The van der Waals surface area contributed by atoms with E-state index in [4.69, 9.17) is 14.2 Å². The lowest BCUT2D eigenvalue weighted by atomic mass is 10.1. The summed E-state index contributed by atoms with van der Waals surface area (Å²) in [6.45, 7) is 2.97. The molecule has 3 rings (SSSR count). The molecule has 2 aromatic carbocycles. The lowest BCUT2D eigenvalue weighted by Gasteiger charge is -2.25.